The molecule has 0 unspecified atom stereocenters. The van der Waals surface area contributed by atoms with Crippen LogP contribution in [0.15, 0.2) is 48.5 Å². The number of carbonyl (C=O) groups is 2. The molecule has 1 saturated heterocycles. The molecule has 8 heteroatoms. The molecule has 154 valence electrons. The molecule has 2 amide bonds. The van der Waals surface area contributed by atoms with Crippen molar-refractivity contribution in [2.24, 2.45) is 0 Å². The first kappa shape index (κ1) is 20.8. The summed E-state index contributed by atoms with van der Waals surface area (Å²) in [5, 5.41) is 5.08. The van der Waals surface area contributed by atoms with Gasteiger partial charge in [-0.15, -0.1) is 0 Å². The molecule has 1 aliphatic heterocycles. The second kappa shape index (κ2) is 9.99. The molecule has 0 spiro atoms. The minimum atomic E-state index is -0.842. The van der Waals surface area contributed by atoms with Crippen LogP contribution in [0, 0.1) is 5.82 Å². The summed E-state index contributed by atoms with van der Waals surface area (Å²) in [6.07, 6.45) is 0. The number of carbonyl (C=O) groups excluding carboxylic acids is 2. The summed E-state index contributed by atoms with van der Waals surface area (Å²) in [5.74, 6) is -1.37. The lowest BCUT2D eigenvalue weighted by atomic mass is 10.0. The van der Waals surface area contributed by atoms with E-state index in [4.69, 9.17) is 9.47 Å². The third-order valence-electron chi connectivity index (χ3n) is 4.73. The largest absolute Gasteiger partial charge is 0.497 e. The maximum Gasteiger partial charge on any atom is 0.313 e. The van der Waals surface area contributed by atoms with E-state index in [2.05, 4.69) is 15.5 Å². The van der Waals surface area contributed by atoms with E-state index in [0.29, 0.717) is 13.2 Å². The first-order valence-electron chi connectivity index (χ1n) is 9.37. The van der Waals surface area contributed by atoms with Crippen LogP contribution >= 0.6 is 0 Å². The van der Waals surface area contributed by atoms with E-state index in [1.54, 1.807) is 7.11 Å². The number of anilines is 1. The average Bonchev–Trinajstić information content (AvgIpc) is 2.75. The normalized spacial score (nSPS) is 15.4. The van der Waals surface area contributed by atoms with E-state index in [0.717, 1.165) is 30.5 Å². The summed E-state index contributed by atoms with van der Waals surface area (Å²) in [4.78, 5) is 26.6. The minimum Gasteiger partial charge on any atom is -0.497 e. The first-order chi connectivity index (χ1) is 14.1. The molecule has 0 aromatic heterocycles. The lowest BCUT2D eigenvalue weighted by Crippen LogP contribution is -2.45. The molecule has 0 bridgehead atoms. The number of rotatable bonds is 6. The van der Waals surface area contributed by atoms with Gasteiger partial charge in [-0.2, -0.15) is 0 Å². The smallest absolute Gasteiger partial charge is 0.313 e. The van der Waals surface area contributed by atoms with Crippen molar-refractivity contribution in [1.29, 1.82) is 0 Å². The molecule has 3 rings (SSSR count). The van der Waals surface area contributed by atoms with Gasteiger partial charge in [0.2, 0.25) is 0 Å². The van der Waals surface area contributed by atoms with Crippen molar-refractivity contribution in [3.05, 3.63) is 59.9 Å². The highest BCUT2D eigenvalue weighted by atomic mass is 19.1. The lowest BCUT2D eigenvalue weighted by Gasteiger charge is -2.34. The van der Waals surface area contributed by atoms with Crippen LogP contribution in [-0.2, 0) is 14.3 Å². The van der Waals surface area contributed by atoms with Crippen molar-refractivity contribution in [3.63, 3.8) is 0 Å². The van der Waals surface area contributed by atoms with E-state index in [9.17, 15) is 14.0 Å². The molecule has 1 heterocycles. The number of nitrogens with zero attached hydrogens (tertiary/aromatic N) is 1. The second-order valence-corrected chi connectivity index (χ2v) is 6.61. The monoisotopic (exact) mass is 401 g/mol. The third-order valence-corrected chi connectivity index (χ3v) is 4.73. The van der Waals surface area contributed by atoms with Gasteiger partial charge >= 0.3 is 11.8 Å². The van der Waals surface area contributed by atoms with Crippen LogP contribution in [0.1, 0.15) is 11.6 Å². The first-order valence-corrected chi connectivity index (χ1v) is 9.37. The third kappa shape index (κ3) is 5.75. The Labute approximate surface area is 168 Å². The summed E-state index contributed by atoms with van der Waals surface area (Å²) >= 11 is 0. The molecule has 1 atom stereocenters. The van der Waals surface area contributed by atoms with Gasteiger partial charge in [0.15, 0.2) is 0 Å². The van der Waals surface area contributed by atoms with Crippen LogP contribution < -0.4 is 15.4 Å². The van der Waals surface area contributed by atoms with Gasteiger partial charge in [0.25, 0.3) is 0 Å². The van der Waals surface area contributed by atoms with Crippen molar-refractivity contribution in [3.8, 4) is 5.75 Å². The molecule has 2 aromatic rings. The van der Waals surface area contributed by atoms with Crippen molar-refractivity contribution in [1.82, 2.24) is 10.2 Å². The van der Waals surface area contributed by atoms with E-state index >= 15 is 0 Å². The zero-order chi connectivity index (χ0) is 20.6. The van der Waals surface area contributed by atoms with Crippen LogP contribution in [0.5, 0.6) is 5.75 Å². The number of benzene rings is 2. The molecule has 2 aromatic carbocycles. The van der Waals surface area contributed by atoms with E-state index < -0.39 is 17.6 Å². The number of methoxy groups -OCH3 is 1. The second-order valence-electron chi connectivity index (χ2n) is 6.61. The molecule has 29 heavy (non-hydrogen) atoms. The Balaban J connectivity index is 1.65. The highest BCUT2D eigenvalue weighted by Gasteiger charge is 2.24. The SMILES string of the molecule is COc1ccc([C@H](CNC(=O)C(=O)Nc2cccc(F)c2)N2CCOCC2)cc1. The number of ether oxygens (including phenoxy) is 2. The number of amides is 2. The Morgan fingerprint density at radius 2 is 1.86 bits per heavy atom. The lowest BCUT2D eigenvalue weighted by molar-refractivity contribution is -0.136. The standard InChI is InChI=1S/C21H24FN3O4/c1-28-18-7-5-15(6-8-18)19(25-9-11-29-12-10-25)14-23-20(26)21(27)24-17-4-2-3-16(22)13-17/h2-8,13,19H,9-12,14H2,1H3,(H,23,26)(H,24,27)/t19-/m0/s1. The Morgan fingerprint density at radius 1 is 1.14 bits per heavy atom. The van der Waals surface area contributed by atoms with Crippen LogP contribution in [-0.4, -0.2) is 56.7 Å². The molecular weight excluding hydrogens is 377 g/mol. The Morgan fingerprint density at radius 3 is 2.52 bits per heavy atom. The molecule has 7 nitrogen and oxygen atoms in total. The van der Waals surface area contributed by atoms with Crippen LogP contribution in [0.2, 0.25) is 0 Å². The molecule has 1 fully saturated rings. The summed E-state index contributed by atoms with van der Waals surface area (Å²) < 4.78 is 23.9. The zero-order valence-corrected chi connectivity index (χ0v) is 16.2. The van der Waals surface area contributed by atoms with Crippen molar-refractivity contribution >= 4 is 17.5 Å². The fourth-order valence-corrected chi connectivity index (χ4v) is 3.20. The fourth-order valence-electron chi connectivity index (χ4n) is 3.20. The summed E-state index contributed by atoms with van der Waals surface area (Å²) in [6, 6.07) is 12.9. The van der Waals surface area contributed by atoms with Gasteiger partial charge in [-0.05, 0) is 35.9 Å². The number of halogens is 1. The van der Waals surface area contributed by atoms with Gasteiger partial charge in [-0.3, -0.25) is 14.5 Å². The molecule has 2 N–H and O–H groups in total. The van der Waals surface area contributed by atoms with Gasteiger partial charge in [0, 0.05) is 25.3 Å². The van der Waals surface area contributed by atoms with Crippen LogP contribution in [0.4, 0.5) is 10.1 Å². The minimum absolute atomic E-state index is 0.115. The number of morpholine rings is 1. The molecule has 1 aliphatic rings. The van der Waals surface area contributed by atoms with Gasteiger partial charge in [0.05, 0.1) is 26.4 Å². The predicted octanol–water partition coefficient (Wildman–Crippen LogP) is 1.96. The van der Waals surface area contributed by atoms with Crippen molar-refractivity contribution in [2.45, 2.75) is 6.04 Å². The highest BCUT2D eigenvalue weighted by molar-refractivity contribution is 6.39. The molecular formula is C21H24FN3O4. The molecule has 0 saturated carbocycles. The molecule has 0 radical (unpaired) electrons. The summed E-state index contributed by atoms with van der Waals surface area (Å²) in [7, 11) is 1.60. The Kier molecular flexibility index (Phi) is 7.15. The summed E-state index contributed by atoms with van der Waals surface area (Å²) in [5.41, 5.74) is 1.23. The average molecular weight is 401 g/mol. The Bertz CT molecular complexity index is 838. The van der Waals surface area contributed by atoms with Gasteiger partial charge in [-0.1, -0.05) is 18.2 Å². The predicted molar refractivity (Wildman–Crippen MR) is 106 cm³/mol. The van der Waals surface area contributed by atoms with E-state index in [1.165, 1.54) is 18.2 Å². The molecule has 0 aliphatic carbocycles. The van der Waals surface area contributed by atoms with Gasteiger partial charge in [0.1, 0.15) is 11.6 Å². The van der Waals surface area contributed by atoms with Crippen LogP contribution in [0.3, 0.4) is 0 Å². The summed E-state index contributed by atoms with van der Waals surface area (Å²) in [6.45, 7) is 2.92. The number of hydrogen-bond acceptors (Lipinski definition) is 5. The highest BCUT2D eigenvalue weighted by Crippen LogP contribution is 2.23. The maximum absolute atomic E-state index is 13.2. The van der Waals surface area contributed by atoms with Gasteiger partial charge < -0.3 is 20.1 Å². The Hall–Kier alpha value is -2.97. The van der Waals surface area contributed by atoms with Gasteiger partial charge in [-0.25, -0.2) is 4.39 Å². The maximum atomic E-state index is 13.2. The van der Waals surface area contributed by atoms with Crippen molar-refractivity contribution < 1.29 is 23.5 Å². The topological polar surface area (TPSA) is 79.9 Å². The van der Waals surface area contributed by atoms with E-state index in [1.807, 2.05) is 24.3 Å². The fraction of sp³-hybridized carbons (Fsp3) is 0.333. The number of hydrogen-bond donors (Lipinski definition) is 2. The van der Waals surface area contributed by atoms with Crippen LogP contribution in [0.25, 0.3) is 0 Å². The quantitative estimate of drug-likeness (QED) is 0.724. The number of nitrogens with one attached hydrogen (secondary N) is 2. The van der Waals surface area contributed by atoms with E-state index in [-0.39, 0.29) is 18.3 Å². The zero-order valence-electron chi connectivity index (χ0n) is 16.2. The van der Waals surface area contributed by atoms with Crippen molar-refractivity contribution in [2.75, 3.05) is 45.3 Å².